The SMILES string of the molecule is Cc1ccc2[nH]cnc2c1B1OC(C)(C)C(C)(C)O1. The minimum Gasteiger partial charge on any atom is -0.399 e. The second-order valence-corrected chi connectivity index (χ2v) is 6.18. The summed E-state index contributed by atoms with van der Waals surface area (Å²) in [6.45, 7) is 10.3. The number of H-pyrrole nitrogens is 1. The molecule has 3 rings (SSSR count). The molecule has 0 saturated carbocycles. The molecule has 1 aliphatic rings. The summed E-state index contributed by atoms with van der Waals surface area (Å²) in [5.74, 6) is 0. The first-order valence-corrected chi connectivity index (χ1v) is 6.60. The standard InChI is InChI=1S/C14H19BN2O2/c1-9-6-7-10-12(17-8-16-10)11(9)15-18-13(2,3)14(4,5)19-15/h6-8H,1-5H3,(H,16,17). The van der Waals surface area contributed by atoms with Gasteiger partial charge in [0, 0.05) is 5.46 Å². The largest absolute Gasteiger partial charge is 0.497 e. The lowest BCUT2D eigenvalue weighted by atomic mass is 9.75. The van der Waals surface area contributed by atoms with E-state index in [2.05, 4.69) is 50.7 Å². The molecule has 1 N–H and O–H groups in total. The number of fused-ring (bicyclic) bond motifs is 1. The van der Waals surface area contributed by atoms with Crippen LogP contribution in [0.2, 0.25) is 0 Å². The van der Waals surface area contributed by atoms with Gasteiger partial charge in [-0.25, -0.2) is 4.98 Å². The molecule has 0 amide bonds. The van der Waals surface area contributed by atoms with Crippen molar-refractivity contribution in [3.63, 3.8) is 0 Å². The predicted molar refractivity (Wildman–Crippen MR) is 76.5 cm³/mol. The topological polar surface area (TPSA) is 47.1 Å². The molecular formula is C14H19BN2O2. The van der Waals surface area contributed by atoms with Gasteiger partial charge < -0.3 is 14.3 Å². The van der Waals surface area contributed by atoms with Gasteiger partial charge in [-0.15, -0.1) is 0 Å². The van der Waals surface area contributed by atoms with E-state index in [1.807, 2.05) is 6.07 Å². The van der Waals surface area contributed by atoms with Crippen LogP contribution in [-0.2, 0) is 9.31 Å². The Morgan fingerprint density at radius 1 is 1.11 bits per heavy atom. The number of rotatable bonds is 1. The fourth-order valence-electron chi connectivity index (χ4n) is 2.39. The van der Waals surface area contributed by atoms with Crippen molar-refractivity contribution < 1.29 is 9.31 Å². The highest BCUT2D eigenvalue weighted by Crippen LogP contribution is 2.37. The third-order valence-corrected chi connectivity index (χ3v) is 4.34. The van der Waals surface area contributed by atoms with Crippen molar-refractivity contribution in [1.82, 2.24) is 9.97 Å². The maximum atomic E-state index is 6.13. The summed E-state index contributed by atoms with van der Waals surface area (Å²) in [7, 11) is -0.364. The first-order valence-electron chi connectivity index (χ1n) is 6.60. The molecule has 2 heterocycles. The number of nitrogens with one attached hydrogen (secondary N) is 1. The first kappa shape index (κ1) is 12.7. The Morgan fingerprint density at radius 2 is 1.74 bits per heavy atom. The molecule has 1 fully saturated rings. The van der Waals surface area contributed by atoms with E-state index in [9.17, 15) is 0 Å². The fourth-order valence-corrected chi connectivity index (χ4v) is 2.39. The summed E-state index contributed by atoms with van der Waals surface area (Å²) in [4.78, 5) is 7.53. The lowest BCUT2D eigenvalue weighted by molar-refractivity contribution is 0.00578. The highest BCUT2D eigenvalue weighted by Gasteiger charge is 2.52. The number of benzene rings is 1. The van der Waals surface area contributed by atoms with E-state index in [4.69, 9.17) is 9.31 Å². The number of aryl methyl sites for hydroxylation is 1. The summed E-state index contributed by atoms with van der Waals surface area (Å²) < 4.78 is 12.3. The predicted octanol–water partition coefficient (Wildman–Crippen LogP) is 2.17. The fraction of sp³-hybridized carbons (Fsp3) is 0.500. The van der Waals surface area contributed by atoms with Gasteiger partial charge in [-0.05, 0) is 46.2 Å². The normalized spacial score (nSPS) is 21.2. The zero-order chi connectivity index (χ0) is 13.8. The van der Waals surface area contributed by atoms with E-state index in [0.717, 1.165) is 22.1 Å². The smallest absolute Gasteiger partial charge is 0.399 e. The molecule has 0 bridgehead atoms. The minimum absolute atomic E-state index is 0.331. The maximum Gasteiger partial charge on any atom is 0.497 e. The van der Waals surface area contributed by atoms with E-state index in [-0.39, 0.29) is 18.3 Å². The lowest BCUT2D eigenvalue weighted by Crippen LogP contribution is -2.41. The molecule has 0 unspecified atom stereocenters. The van der Waals surface area contributed by atoms with Gasteiger partial charge in [-0.2, -0.15) is 0 Å². The van der Waals surface area contributed by atoms with E-state index >= 15 is 0 Å². The molecule has 1 aliphatic heterocycles. The molecule has 1 saturated heterocycles. The van der Waals surface area contributed by atoms with E-state index in [1.165, 1.54) is 0 Å². The molecule has 0 aliphatic carbocycles. The third kappa shape index (κ3) is 1.80. The van der Waals surface area contributed by atoms with Gasteiger partial charge in [0.15, 0.2) is 0 Å². The van der Waals surface area contributed by atoms with Gasteiger partial charge in [0.05, 0.1) is 28.6 Å². The summed E-state index contributed by atoms with van der Waals surface area (Å²) in [6, 6.07) is 4.10. The van der Waals surface area contributed by atoms with Gasteiger partial charge in [-0.3, -0.25) is 0 Å². The van der Waals surface area contributed by atoms with Gasteiger partial charge >= 0.3 is 7.12 Å². The molecule has 4 nitrogen and oxygen atoms in total. The van der Waals surface area contributed by atoms with Crippen molar-refractivity contribution in [2.45, 2.75) is 45.8 Å². The Balaban J connectivity index is 2.12. The molecule has 1 aromatic heterocycles. The maximum absolute atomic E-state index is 6.13. The van der Waals surface area contributed by atoms with Crippen molar-refractivity contribution in [2.24, 2.45) is 0 Å². The molecular weight excluding hydrogens is 239 g/mol. The van der Waals surface area contributed by atoms with E-state index < -0.39 is 0 Å². The second kappa shape index (κ2) is 3.84. The molecule has 0 radical (unpaired) electrons. The van der Waals surface area contributed by atoms with Crippen LogP contribution in [0.3, 0.4) is 0 Å². The summed E-state index contributed by atoms with van der Waals surface area (Å²) in [5.41, 5.74) is 3.44. The number of aromatic amines is 1. The van der Waals surface area contributed by atoms with Gasteiger partial charge in [0.2, 0.25) is 0 Å². The lowest BCUT2D eigenvalue weighted by Gasteiger charge is -2.32. The van der Waals surface area contributed by atoms with Crippen LogP contribution in [0.15, 0.2) is 18.5 Å². The van der Waals surface area contributed by atoms with Crippen molar-refractivity contribution >= 4 is 23.6 Å². The van der Waals surface area contributed by atoms with Crippen LogP contribution in [0.25, 0.3) is 11.0 Å². The van der Waals surface area contributed by atoms with Crippen molar-refractivity contribution in [2.75, 3.05) is 0 Å². The first-order chi connectivity index (χ1) is 8.82. The van der Waals surface area contributed by atoms with Crippen LogP contribution < -0.4 is 5.46 Å². The van der Waals surface area contributed by atoms with E-state index in [0.29, 0.717) is 0 Å². The Kier molecular flexibility index (Phi) is 2.56. The van der Waals surface area contributed by atoms with Crippen LogP contribution in [0, 0.1) is 6.92 Å². The van der Waals surface area contributed by atoms with Gasteiger partial charge in [0.1, 0.15) is 0 Å². The van der Waals surface area contributed by atoms with Gasteiger partial charge in [-0.1, -0.05) is 6.07 Å². The van der Waals surface area contributed by atoms with Crippen LogP contribution in [0.4, 0.5) is 0 Å². The average molecular weight is 258 g/mol. The Labute approximate surface area is 113 Å². The molecule has 2 aromatic rings. The number of imidazole rings is 1. The van der Waals surface area contributed by atoms with Crippen molar-refractivity contribution in [1.29, 1.82) is 0 Å². The Bertz CT molecular complexity index is 617. The highest BCUT2D eigenvalue weighted by atomic mass is 16.7. The highest BCUT2D eigenvalue weighted by molar-refractivity contribution is 6.65. The van der Waals surface area contributed by atoms with Crippen molar-refractivity contribution in [3.05, 3.63) is 24.0 Å². The number of aromatic nitrogens is 2. The summed E-state index contributed by atoms with van der Waals surface area (Å²) >= 11 is 0. The molecule has 100 valence electrons. The quantitative estimate of drug-likeness (QED) is 0.797. The molecule has 19 heavy (non-hydrogen) atoms. The number of hydrogen-bond donors (Lipinski definition) is 1. The monoisotopic (exact) mass is 258 g/mol. The zero-order valence-electron chi connectivity index (χ0n) is 12.1. The van der Waals surface area contributed by atoms with Crippen LogP contribution in [0.1, 0.15) is 33.3 Å². The van der Waals surface area contributed by atoms with Crippen molar-refractivity contribution in [3.8, 4) is 0 Å². The van der Waals surface area contributed by atoms with Gasteiger partial charge in [0.25, 0.3) is 0 Å². The average Bonchev–Trinajstić information content (AvgIpc) is 2.81. The third-order valence-electron chi connectivity index (χ3n) is 4.34. The Hall–Kier alpha value is -1.33. The van der Waals surface area contributed by atoms with E-state index in [1.54, 1.807) is 6.33 Å². The molecule has 1 aromatic carbocycles. The molecule has 0 atom stereocenters. The summed E-state index contributed by atoms with van der Waals surface area (Å²) in [6.07, 6.45) is 1.71. The molecule has 0 spiro atoms. The zero-order valence-corrected chi connectivity index (χ0v) is 12.1. The number of hydrogen-bond acceptors (Lipinski definition) is 3. The minimum atomic E-state index is -0.364. The molecule has 5 heteroatoms. The second-order valence-electron chi connectivity index (χ2n) is 6.18. The van der Waals surface area contributed by atoms with Crippen LogP contribution >= 0.6 is 0 Å². The van der Waals surface area contributed by atoms with Crippen LogP contribution in [-0.4, -0.2) is 28.3 Å². The number of nitrogens with zero attached hydrogens (tertiary/aromatic N) is 1. The Morgan fingerprint density at radius 3 is 2.37 bits per heavy atom. The van der Waals surface area contributed by atoms with Crippen LogP contribution in [0.5, 0.6) is 0 Å². The summed E-state index contributed by atoms with van der Waals surface area (Å²) in [5, 5.41) is 0.